The molecule has 0 unspecified atom stereocenters. The predicted octanol–water partition coefficient (Wildman–Crippen LogP) is 0.966. The molecule has 0 radical (unpaired) electrons. The topological polar surface area (TPSA) is 79.3 Å². The fourth-order valence-electron chi connectivity index (χ4n) is 1.60. The van der Waals surface area contributed by atoms with E-state index in [9.17, 15) is 14.4 Å². The van der Waals surface area contributed by atoms with E-state index in [2.05, 4.69) is 0 Å². The maximum atomic E-state index is 11.3. The Kier molecular flexibility index (Phi) is 3.66. The van der Waals surface area contributed by atoms with E-state index in [1.807, 2.05) is 0 Å². The van der Waals surface area contributed by atoms with Gasteiger partial charge in [-0.15, -0.1) is 0 Å². The number of benzene rings is 1. The van der Waals surface area contributed by atoms with Crippen molar-refractivity contribution in [1.82, 2.24) is 0 Å². The molecule has 1 aromatic carbocycles. The Morgan fingerprint density at radius 2 is 2.18 bits per heavy atom. The third-order valence-electron chi connectivity index (χ3n) is 2.62. The molecule has 0 aromatic heterocycles. The van der Waals surface area contributed by atoms with Crippen molar-refractivity contribution in [3.63, 3.8) is 0 Å². The Hall–Kier alpha value is -0.710. The van der Waals surface area contributed by atoms with Crippen LogP contribution in [0.25, 0.3) is 0 Å². The fraction of sp³-hybridized carbons (Fsp3) is 0.455. The summed E-state index contributed by atoms with van der Waals surface area (Å²) in [7, 11) is -4.25. The van der Waals surface area contributed by atoms with E-state index in [-0.39, 0.29) is 17.5 Å². The van der Waals surface area contributed by atoms with E-state index >= 15 is 0 Å². The highest BCUT2D eigenvalue weighted by atomic mass is 31.2. The van der Waals surface area contributed by atoms with Crippen molar-refractivity contribution >= 4 is 12.9 Å². The lowest BCUT2D eigenvalue weighted by Gasteiger charge is -2.17. The quantitative estimate of drug-likeness (QED) is 0.607. The highest BCUT2D eigenvalue weighted by molar-refractivity contribution is 7.60. The van der Waals surface area contributed by atoms with Crippen molar-refractivity contribution in [2.45, 2.75) is 19.1 Å². The molecule has 0 aliphatic carbocycles. The van der Waals surface area contributed by atoms with Crippen LogP contribution in [0, 0.1) is 0 Å². The van der Waals surface area contributed by atoms with Gasteiger partial charge in [0, 0.05) is 0 Å². The molecule has 0 saturated carbocycles. The van der Waals surface area contributed by atoms with Gasteiger partial charge < -0.3 is 19.3 Å². The highest BCUT2D eigenvalue weighted by Crippen LogP contribution is 2.36. The first-order chi connectivity index (χ1) is 7.98. The molecule has 2 N–H and O–H groups in total. The molecule has 1 fully saturated rings. The van der Waals surface area contributed by atoms with Crippen LogP contribution in [0.4, 0.5) is 0 Å². The van der Waals surface area contributed by atoms with Crippen molar-refractivity contribution < 1.29 is 23.8 Å². The van der Waals surface area contributed by atoms with Gasteiger partial charge in [0.25, 0.3) is 0 Å². The van der Waals surface area contributed by atoms with E-state index in [0.717, 1.165) is 0 Å². The van der Waals surface area contributed by atoms with E-state index in [4.69, 9.17) is 9.47 Å². The number of ether oxygens (including phenoxy) is 2. The third kappa shape index (κ3) is 3.37. The lowest BCUT2D eigenvalue weighted by atomic mass is 10.1. The molecule has 1 saturated heterocycles. The van der Waals surface area contributed by atoms with Crippen molar-refractivity contribution in [3.8, 4) is 0 Å². The third-order valence-corrected chi connectivity index (χ3v) is 3.66. The van der Waals surface area contributed by atoms with Crippen molar-refractivity contribution in [1.29, 1.82) is 0 Å². The maximum Gasteiger partial charge on any atom is 0.356 e. The van der Waals surface area contributed by atoms with E-state index in [1.54, 1.807) is 25.1 Å². The van der Waals surface area contributed by atoms with E-state index in [0.29, 0.717) is 18.8 Å². The van der Waals surface area contributed by atoms with Crippen LogP contribution >= 0.6 is 7.60 Å². The minimum Gasteiger partial charge on any atom is -0.371 e. The van der Waals surface area contributed by atoms with Crippen LogP contribution in [0.5, 0.6) is 0 Å². The lowest BCUT2D eigenvalue weighted by molar-refractivity contribution is 0.0544. The van der Waals surface area contributed by atoms with Gasteiger partial charge in [0.1, 0.15) is 6.10 Å². The largest absolute Gasteiger partial charge is 0.371 e. The van der Waals surface area contributed by atoms with Crippen LogP contribution in [0.2, 0.25) is 0 Å². The molecular formula is C11H15O5P. The molecule has 5 nitrogen and oxygen atoms in total. The number of hydrogen-bond donors (Lipinski definition) is 2. The summed E-state index contributed by atoms with van der Waals surface area (Å²) in [6, 6.07) is 6.45. The van der Waals surface area contributed by atoms with E-state index < -0.39 is 7.60 Å². The van der Waals surface area contributed by atoms with E-state index in [1.165, 1.54) is 6.07 Å². The van der Waals surface area contributed by atoms with Gasteiger partial charge in [-0.2, -0.15) is 0 Å². The summed E-state index contributed by atoms with van der Waals surface area (Å²) < 4.78 is 21.9. The summed E-state index contributed by atoms with van der Waals surface area (Å²) >= 11 is 0. The van der Waals surface area contributed by atoms with Crippen molar-refractivity contribution in [2.75, 3.05) is 13.2 Å². The lowest BCUT2D eigenvalue weighted by Crippen LogP contribution is -2.16. The van der Waals surface area contributed by atoms with Crippen LogP contribution in [0.15, 0.2) is 24.3 Å². The molecule has 94 valence electrons. The molecule has 1 aliphatic heterocycles. The Balaban J connectivity index is 2.15. The zero-order valence-electron chi connectivity index (χ0n) is 9.44. The second-order valence-corrected chi connectivity index (χ2v) is 5.60. The molecule has 1 heterocycles. The van der Waals surface area contributed by atoms with Gasteiger partial charge in [0.15, 0.2) is 0 Å². The smallest absolute Gasteiger partial charge is 0.356 e. The average molecular weight is 258 g/mol. The summed E-state index contributed by atoms with van der Waals surface area (Å²) in [5, 5.41) is 0.0317. The van der Waals surface area contributed by atoms with Crippen LogP contribution in [0.3, 0.4) is 0 Å². The number of rotatable bonds is 5. The van der Waals surface area contributed by atoms with Crippen LogP contribution in [-0.4, -0.2) is 29.1 Å². The normalized spacial score (nSPS) is 21.2. The minimum absolute atomic E-state index is 0.0317. The van der Waals surface area contributed by atoms with Gasteiger partial charge in [-0.05, 0) is 18.6 Å². The Morgan fingerprint density at radius 3 is 2.76 bits per heavy atom. The van der Waals surface area contributed by atoms with Crippen LogP contribution in [0.1, 0.15) is 18.6 Å². The number of hydrogen-bond acceptors (Lipinski definition) is 3. The first kappa shape index (κ1) is 12.7. The van der Waals surface area contributed by atoms with Gasteiger partial charge in [-0.1, -0.05) is 18.2 Å². The second kappa shape index (κ2) is 4.88. The zero-order chi connectivity index (χ0) is 12.5. The molecule has 0 amide bonds. The summed E-state index contributed by atoms with van der Waals surface area (Å²) in [5.74, 6) is 0. The molecule has 1 aliphatic rings. The highest BCUT2D eigenvalue weighted by Gasteiger charge is 2.27. The van der Waals surface area contributed by atoms with Crippen LogP contribution in [-0.2, 0) is 14.0 Å². The Morgan fingerprint density at radius 1 is 1.53 bits per heavy atom. The monoisotopic (exact) mass is 258 g/mol. The summed E-state index contributed by atoms with van der Waals surface area (Å²) in [4.78, 5) is 18.5. The molecule has 17 heavy (non-hydrogen) atoms. The van der Waals surface area contributed by atoms with Gasteiger partial charge in [-0.3, -0.25) is 4.57 Å². The number of epoxide rings is 1. The summed E-state index contributed by atoms with van der Waals surface area (Å²) in [6.07, 6.45) is -0.220. The molecule has 1 aromatic rings. The van der Waals surface area contributed by atoms with Gasteiger partial charge in [0.05, 0.1) is 24.6 Å². The maximum absolute atomic E-state index is 11.3. The molecule has 6 heteroatoms. The summed E-state index contributed by atoms with van der Waals surface area (Å²) in [5.41, 5.74) is 0.529. The average Bonchev–Trinajstić information content (AvgIpc) is 3.08. The predicted molar refractivity (Wildman–Crippen MR) is 62.2 cm³/mol. The van der Waals surface area contributed by atoms with Crippen molar-refractivity contribution in [3.05, 3.63) is 29.8 Å². The Bertz CT molecular complexity index is 437. The Labute approximate surface area is 99.5 Å². The first-order valence-corrected chi connectivity index (χ1v) is 6.98. The second-order valence-electron chi connectivity index (χ2n) is 4.03. The van der Waals surface area contributed by atoms with Gasteiger partial charge in [0.2, 0.25) is 0 Å². The summed E-state index contributed by atoms with van der Waals surface area (Å²) in [6.45, 7) is 2.93. The van der Waals surface area contributed by atoms with Gasteiger partial charge in [-0.25, -0.2) is 0 Å². The van der Waals surface area contributed by atoms with Crippen molar-refractivity contribution in [2.24, 2.45) is 0 Å². The fourth-order valence-corrected chi connectivity index (χ4v) is 2.48. The van der Waals surface area contributed by atoms with Crippen LogP contribution < -0.4 is 5.30 Å². The first-order valence-electron chi connectivity index (χ1n) is 5.36. The zero-order valence-corrected chi connectivity index (χ0v) is 10.3. The molecule has 0 spiro atoms. The van der Waals surface area contributed by atoms with Gasteiger partial charge >= 0.3 is 7.60 Å². The standard InChI is InChI=1S/C11H15O5P/c1-8(15-6-9-7-16-9)10-4-2-3-5-11(10)17(12,13)14/h2-5,8-9H,6-7H2,1H3,(H2,12,13,14)/t8-,9+/m1/s1. The minimum atomic E-state index is -4.25. The molecular weight excluding hydrogens is 243 g/mol. The SMILES string of the molecule is C[C@@H](OC[C@H]1CO1)c1ccccc1P(=O)(O)O. The molecule has 0 bridgehead atoms. The molecule has 2 atom stereocenters. The molecule has 2 rings (SSSR count).